The molecule has 2 aromatic rings. The number of aliphatic imine (C=N–C) groups is 1. The van der Waals surface area contributed by atoms with E-state index < -0.39 is 0 Å². The predicted molar refractivity (Wildman–Crippen MR) is 115 cm³/mol. The smallest absolute Gasteiger partial charge is 0.225 e. The van der Waals surface area contributed by atoms with Crippen LogP contribution in [0, 0.1) is 0 Å². The van der Waals surface area contributed by atoms with E-state index in [0.29, 0.717) is 12.5 Å². The third-order valence-corrected chi connectivity index (χ3v) is 4.09. The molecule has 1 saturated heterocycles. The topological polar surface area (TPSA) is 86.8 Å². The maximum Gasteiger partial charge on any atom is 0.225 e. The van der Waals surface area contributed by atoms with Crippen molar-refractivity contribution in [1.82, 2.24) is 19.9 Å². The third kappa shape index (κ3) is 5.16. The van der Waals surface area contributed by atoms with Crippen molar-refractivity contribution < 1.29 is 0 Å². The number of piperazine rings is 1. The highest BCUT2D eigenvalue weighted by Crippen LogP contribution is 2.11. The molecular formula is C17H25IN8. The lowest BCUT2D eigenvalue weighted by atomic mass is 10.3. The van der Waals surface area contributed by atoms with Crippen LogP contribution in [0.15, 0.2) is 41.7 Å². The Labute approximate surface area is 171 Å². The molecule has 0 bridgehead atoms. The van der Waals surface area contributed by atoms with E-state index in [4.69, 9.17) is 5.73 Å². The number of nitrogens with zero attached hydrogens (tertiary/aromatic N) is 7. The third-order valence-electron chi connectivity index (χ3n) is 4.09. The first kappa shape index (κ1) is 20.1. The van der Waals surface area contributed by atoms with Gasteiger partial charge < -0.3 is 20.4 Å². The first-order chi connectivity index (χ1) is 12.1. The summed E-state index contributed by atoms with van der Waals surface area (Å²) in [5.41, 5.74) is 7.07. The monoisotopic (exact) mass is 468 g/mol. The van der Waals surface area contributed by atoms with Gasteiger partial charge in [0.25, 0.3) is 0 Å². The fourth-order valence-electron chi connectivity index (χ4n) is 2.66. The van der Waals surface area contributed by atoms with Crippen LogP contribution in [0.5, 0.6) is 0 Å². The molecule has 3 heterocycles. The summed E-state index contributed by atoms with van der Waals surface area (Å²) in [6, 6.07) is 7.75. The van der Waals surface area contributed by atoms with E-state index in [-0.39, 0.29) is 24.0 Å². The number of anilines is 2. The molecule has 0 radical (unpaired) electrons. The summed E-state index contributed by atoms with van der Waals surface area (Å²) in [4.78, 5) is 23.9. The number of rotatable bonds is 4. The Kier molecular flexibility index (Phi) is 7.37. The average molecular weight is 468 g/mol. The minimum atomic E-state index is 0. The molecule has 0 atom stereocenters. The van der Waals surface area contributed by atoms with Crippen LogP contribution in [-0.4, -0.2) is 66.1 Å². The Balaban J connectivity index is 0.00000243. The van der Waals surface area contributed by atoms with Crippen molar-refractivity contribution in [2.24, 2.45) is 10.7 Å². The fraction of sp³-hybridized carbons (Fsp3) is 0.412. The Morgan fingerprint density at radius 3 is 2.46 bits per heavy atom. The lowest BCUT2D eigenvalue weighted by Gasteiger charge is -2.35. The number of hydrogen-bond donors (Lipinski definition) is 1. The van der Waals surface area contributed by atoms with E-state index in [0.717, 1.165) is 43.6 Å². The van der Waals surface area contributed by atoms with Gasteiger partial charge in [0, 0.05) is 52.7 Å². The zero-order valence-corrected chi connectivity index (χ0v) is 17.4. The molecule has 26 heavy (non-hydrogen) atoms. The van der Waals surface area contributed by atoms with Crippen LogP contribution in [0.2, 0.25) is 0 Å². The maximum absolute atomic E-state index is 6.17. The Morgan fingerprint density at radius 2 is 1.81 bits per heavy atom. The van der Waals surface area contributed by atoms with Crippen molar-refractivity contribution in [1.29, 1.82) is 0 Å². The predicted octanol–water partition coefficient (Wildman–Crippen LogP) is 1.19. The van der Waals surface area contributed by atoms with E-state index in [2.05, 4.69) is 29.7 Å². The van der Waals surface area contributed by atoms with E-state index in [1.807, 2.05) is 43.3 Å². The molecule has 8 nitrogen and oxygen atoms in total. The van der Waals surface area contributed by atoms with Crippen LogP contribution in [-0.2, 0) is 6.54 Å². The van der Waals surface area contributed by atoms with Gasteiger partial charge in [-0.25, -0.2) is 19.9 Å². The van der Waals surface area contributed by atoms with Gasteiger partial charge >= 0.3 is 0 Å². The number of hydrogen-bond acceptors (Lipinski definition) is 6. The minimum Gasteiger partial charge on any atom is -0.370 e. The first-order valence-corrected chi connectivity index (χ1v) is 8.33. The number of guanidine groups is 1. The SMILES string of the molecule is CN(C)c1cccc(CN=C(N)N2CCN(c3ncccn3)CC2)n1.I. The van der Waals surface area contributed by atoms with Crippen LogP contribution in [0.3, 0.4) is 0 Å². The molecule has 0 saturated carbocycles. The van der Waals surface area contributed by atoms with Crippen LogP contribution in [0.1, 0.15) is 5.69 Å². The summed E-state index contributed by atoms with van der Waals surface area (Å²) < 4.78 is 0. The molecule has 1 aliphatic heterocycles. The molecule has 1 fully saturated rings. The van der Waals surface area contributed by atoms with Gasteiger partial charge in [-0.1, -0.05) is 6.07 Å². The molecule has 0 amide bonds. The van der Waals surface area contributed by atoms with Gasteiger partial charge in [0.2, 0.25) is 5.95 Å². The normalized spacial score (nSPS) is 14.8. The molecule has 9 heteroatoms. The summed E-state index contributed by atoms with van der Waals surface area (Å²) in [5, 5.41) is 0. The molecular weight excluding hydrogens is 443 g/mol. The molecule has 3 rings (SSSR count). The average Bonchev–Trinajstić information content (AvgIpc) is 2.67. The van der Waals surface area contributed by atoms with Gasteiger partial charge in [-0.05, 0) is 18.2 Å². The van der Waals surface area contributed by atoms with Gasteiger partial charge in [0.05, 0.1) is 12.2 Å². The van der Waals surface area contributed by atoms with Crippen molar-refractivity contribution in [2.75, 3.05) is 50.1 Å². The van der Waals surface area contributed by atoms with Gasteiger partial charge in [-0.3, -0.25) is 0 Å². The highest BCUT2D eigenvalue weighted by atomic mass is 127. The van der Waals surface area contributed by atoms with Crippen molar-refractivity contribution >= 4 is 41.7 Å². The second-order valence-electron chi connectivity index (χ2n) is 6.08. The molecule has 140 valence electrons. The van der Waals surface area contributed by atoms with Crippen LogP contribution in [0.4, 0.5) is 11.8 Å². The molecule has 2 aromatic heterocycles. The summed E-state index contributed by atoms with van der Waals surface area (Å²) in [5.74, 6) is 2.25. The van der Waals surface area contributed by atoms with E-state index in [9.17, 15) is 0 Å². The van der Waals surface area contributed by atoms with Crippen molar-refractivity contribution in [3.63, 3.8) is 0 Å². The lowest BCUT2D eigenvalue weighted by molar-refractivity contribution is 0.378. The highest BCUT2D eigenvalue weighted by Gasteiger charge is 2.19. The second-order valence-corrected chi connectivity index (χ2v) is 6.08. The van der Waals surface area contributed by atoms with Crippen molar-refractivity contribution in [2.45, 2.75) is 6.54 Å². The van der Waals surface area contributed by atoms with Gasteiger partial charge in [-0.15, -0.1) is 24.0 Å². The largest absolute Gasteiger partial charge is 0.370 e. The van der Waals surface area contributed by atoms with E-state index in [1.54, 1.807) is 12.4 Å². The zero-order valence-electron chi connectivity index (χ0n) is 15.1. The van der Waals surface area contributed by atoms with Crippen LogP contribution >= 0.6 is 24.0 Å². The zero-order chi connectivity index (χ0) is 17.6. The quantitative estimate of drug-likeness (QED) is 0.410. The molecule has 0 spiro atoms. The Morgan fingerprint density at radius 1 is 1.12 bits per heavy atom. The van der Waals surface area contributed by atoms with Gasteiger partial charge in [0.15, 0.2) is 5.96 Å². The summed E-state index contributed by atoms with van der Waals surface area (Å²) in [6.07, 6.45) is 3.53. The van der Waals surface area contributed by atoms with Crippen LogP contribution < -0.4 is 15.5 Å². The summed E-state index contributed by atoms with van der Waals surface area (Å²) >= 11 is 0. The summed E-state index contributed by atoms with van der Waals surface area (Å²) in [7, 11) is 3.94. The fourth-order valence-corrected chi connectivity index (χ4v) is 2.66. The molecule has 0 aromatic carbocycles. The molecule has 0 aliphatic carbocycles. The Hall–Kier alpha value is -2.17. The number of aromatic nitrogens is 3. The molecule has 1 aliphatic rings. The number of pyridine rings is 1. The van der Waals surface area contributed by atoms with Gasteiger partial charge in [-0.2, -0.15) is 0 Å². The maximum atomic E-state index is 6.17. The van der Waals surface area contributed by atoms with Crippen molar-refractivity contribution in [3.05, 3.63) is 42.4 Å². The molecule has 2 N–H and O–H groups in total. The number of nitrogens with two attached hydrogens (primary N) is 1. The standard InChI is InChI=1S/C17H24N8.HI/c1-23(2)15-6-3-5-14(22-15)13-21-16(18)24-9-11-25(12-10-24)17-19-7-4-8-20-17;/h3-8H,9-13H2,1-2H3,(H2,18,21);1H. The van der Waals surface area contributed by atoms with Gasteiger partial charge in [0.1, 0.15) is 5.82 Å². The van der Waals surface area contributed by atoms with Crippen molar-refractivity contribution in [3.8, 4) is 0 Å². The first-order valence-electron chi connectivity index (χ1n) is 8.33. The lowest BCUT2D eigenvalue weighted by Crippen LogP contribution is -2.51. The van der Waals surface area contributed by atoms with E-state index >= 15 is 0 Å². The Bertz CT molecular complexity index is 714. The van der Waals surface area contributed by atoms with E-state index in [1.165, 1.54) is 0 Å². The molecule has 0 unspecified atom stereocenters. The number of halogens is 1. The summed E-state index contributed by atoms with van der Waals surface area (Å²) in [6.45, 7) is 3.75. The highest BCUT2D eigenvalue weighted by molar-refractivity contribution is 14.0. The minimum absolute atomic E-state index is 0. The second kappa shape index (κ2) is 9.51. The van der Waals surface area contributed by atoms with Crippen LogP contribution in [0.25, 0.3) is 0 Å².